The predicted octanol–water partition coefficient (Wildman–Crippen LogP) is 5.06. The zero-order valence-electron chi connectivity index (χ0n) is 17.5. The van der Waals surface area contributed by atoms with Gasteiger partial charge in [-0.3, -0.25) is 4.79 Å². The number of carbonyl (C=O) groups is 1. The maximum atomic E-state index is 12.8. The summed E-state index contributed by atoms with van der Waals surface area (Å²) in [7, 11) is 0. The van der Waals surface area contributed by atoms with Gasteiger partial charge in [0.05, 0.1) is 13.1 Å². The molecule has 0 spiro atoms. The second kappa shape index (κ2) is 12.1. The Hall–Kier alpha value is -1.59. The number of unbranched alkanes of at least 4 members (excludes halogenated alkanes) is 1. The van der Waals surface area contributed by atoms with Crippen LogP contribution in [0.5, 0.6) is 0 Å². The number of carbonyl (C=O) groups excluding carboxylic acids is 1. The van der Waals surface area contributed by atoms with E-state index in [1.807, 2.05) is 4.90 Å². The molecule has 0 fully saturated rings. The van der Waals surface area contributed by atoms with E-state index in [1.165, 1.54) is 11.3 Å². The van der Waals surface area contributed by atoms with Crippen LogP contribution in [0.4, 0.5) is 0 Å². The summed E-state index contributed by atoms with van der Waals surface area (Å²) in [5, 5.41) is 3.31. The van der Waals surface area contributed by atoms with Gasteiger partial charge in [-0.2, -0.15) is 0 Å². The van der Waals surface area contributed by atoms with Crippen LogP contribution in [-0.2, 0) is 17.9 Å². The molecule has 2 aromatic rings. The second-order valence-electron chi connectivity index (χ2n) is 7.78. The van der Waals surface area contributed by atoms with Crippen LogP contribution in [0.1, 0.15) is 51.3 Å². The van der Waals surface area contributed by atoms with Gasteiger partial charge >= 0.3 is 0 Å². The standard InChI is InChI=1S/C23H34BrN3O/c1-4-5-14-27(23(28)16-25-13-12-19(2)3)18-22-7-6-15-26(22)17-20-8-10-21(24)11-9-20/h6-11,15,19,25H,4-5,12-14,16-18H2,1-3H3. The summed E-state index contributed by atoms with van der Waals surface area (Å²) >= 11 is 3.49. The van der Waals surface area contributed by atoms with Crippen molar-refractivity contribution in [3.8, 4) is 0 Å². The normalized spacial score (nSPS) is 11.2. The Morgan fingerprint density at radius 3 is 2.64 bits per heavy atom. The van der Waals surface area contributed by atoms with E-state index >= 15 is 0 Å². The molecule has 1 N–H and O–H groups in total. The van der Waals surface area contributed by atoms with Crippen LogP contribution in [0.3, 0.4) is 0 Å². The predicted molar refractivity (Wildman–Crippen MR) is 120 cm³/mol. The first-order valence-electron chi connectivity index (χ1n) is 10.4. The van der Waals surface area contributed by atoms with E-state index in [-0.39, 0.29) is 5.91 Å². The van der Waals surface area contributed by atoms with Gasteiger partial charge in [-0.05, 0) is 55.1 Å². The molecule has 154 valence electrons. The van der Waals surface area contributed by atoms with Gasteiger partial charge < -0.3 is 14.8 Å². The summed E-state index contributed by atoms with van der Waals surface area (Å²) in [6.45, 7) is 10.2. The Balaban J connectivity index is 1.98. The van der Waals surface area contributed by atoms with Gasteiger partial charge in [-0.1, -0.05) is 55.3 Å². The molecule has 1 aromatic heterocycles. The minimum absolute atomic E-state index is 0.189. The van der Waals surface area contributed by atoms with Crippen molar-refractivity contribution in [2.75, 3.05) is 19.6 Å². The van der Waals surface area contributed by atoms with E-state index in [0.717, 1.165) is 43.4 Å². The smallest absolute Gasteiger partial charge is 0.236 e. The molecule has 0 saturated heterocycles. The molecule has 4 nitrogen and oxygen atoms in total. The molecule has 0 aliphatic heterocycles. The number of halogens is 1. The Kier molecular flexibility index (Phi) is 9.79. The fraction of sp³-hybridized carbons (Fsp3) is 0.522. The Bertz CT molecular complexity index is 709. The molecule has 28 heavy (non-hydrogen) atoms. The zero-order chi connectivity index (χ0) is 20.4. The highest BCUT2D eigenvalue weighted by molar-refractivity contribution is 9.10. The van der Waals surface area contributed by atoms with Crippen LogP contribution in [0.25, 0.3) is 0 Å². The third kappa shape index (κ3) is 7.80. The van der Waals surface area contributed by atoms with Crippen molar-refractivity contribution in [3.05, 3.63) is 58.3 Å². The highest BCUT2D eigenvalue weighted by Gasteiger charge is 2.15. The van der Waals surface area contributed by atoms with E-state index in [0.29, 0.717) is 19.0 Å². The summed E-state index contributed by atoms with van der Waals surface area (Å²) in [6.07, 6.45) is 5.31. The molecule has 1 aromatic carbocycles. The maximum absolute atomic E-state index is 12.8. The molecule has 1 amide bonds. The average molecular weight is 448 g/mol. The van der Waals surface area contributed by atoms with Crippen molar-refractivity contribution in [1.82, 2.24) is 14.8 Å². The lowest BCUT2D eigenvalue weighted by molar-refractivity contribution is -0.131. The van der Waals surface area contributed by atoms with E-state index < -0.39 is 0 Å². The minimum Gasteiger partial charge on any atom is -0.345 e. The quantitative estimate of drug-likeness (QED) is 0.461. The van der Waals surface area contributed by atoms with Crippen LogP contribution in [0.2, 0.25) is 0 Å². The second-order valence-corrected chi connectivity index (χ2v) is 8.70. The topological polar surface area (TPSA) is 37.3 Å². The molecule has 0 aliphatic carbocycles. The first-order valence-corrected chi connectivity index (χ1v) is 11.2. The highest BCUT2D eigenvalue weighted by atomic mass is 79.9. The number of hydrogen-bond donors (Lipinski definition) is 1. The highest BCUT2D eigenvalue weighted by Crippen LogP contribution is 2.14. The Labute approximate surface area is 178 Å². The van der Waals surface area contributed by atoms with Crippen molar-refractivity contribution < 1.29 is 4.79 Å². The minimum atomic E-state index is 0.189. The SMILES string of the molecule is CCCCN(Cc1cccn1Cc1ccc(Br)cc1)C(=O)CNCCC(C)C. The first kappa shape index (κ1) is 22.7. The van der Waals surface area contributed by atoms with Crippen LogP contribution >= 0.6 is 15.9 Å². The summed E-state index contributed by atoms with van der Waals surface area (Å²) < 4.78 is 3.33. The number of benzene rings is 1. The number of nitrogens with one attached hydrogen (secondary N) is 1. The van der Waals surface area contributed by atoms with E-state index in [4.69, 9.17) is 0 Å². The maximum Gasteiger partial charge on any atom is 0.236 e. The molecule has 2 rings (SSSR count). The Morgan fingerprint density at radius 2 is 1.96 bits per heavy atom. The van der Waals surface area contributed by atoms with Gasteiger partial charge in [0.15, 0.2) is 0 Å². The number of aromatic nitrogens is 1. The first-order chi connectivity index (χ1) is 13.5. The van der Waals surface area contributed by atoms with Crippen LogP contribution in [0.15, 0.2) is 47.1 Å². The van der Waals surface area contributed by atoms with Crippen molar-refractivity contribution >= 4 is 21.8 Å². The van der Waals surface area contributed by atoms with Gasteiger partial charge in [0.2, 0.25) is 5.91 Å². The molecule has 0 radical (unpaired) electrons. The molecule has 0 bridgehead atoms. The number of nitrogens with zero attached hydrogens (tertiary/aromatic N) is 2. The lowest BCUT2D eigenvalue weighted by Gasteiger charge is -2.24. The van der Waals surface area contributed by atoms with Crippen LogP contribution in [-0.4, -0.2) is 35.0 Å². The van der Waals surface area contributed by atoms with E-state index in [1.54, 1.807) is 0 Å². The van der Waals surface area contributed by atoms with Crippen molar-refractivity contribution in [2.24, 2.45) is 5.92 Å². The fourth-order valence-electron chi connectivity index (χ4n) is 3.07. The summed E-state index contributed by atoms with van der Waals surface area (Å²) in [5.74, 6) is 0.842. The summed E-state index contributed by atoms with van der Waals surface area (Å²) in [6, 6.07) is 12.6. The van der Waals surface area contributed by atoms with Gasteiger partial charge in [0.1, 0.15) is 0 Å². The fourth-order valence-corrected chi connectivity index (χ4v) is 3.33. The third-order valence-corrected chi connectivity index (χ3v) is 5.38. The molecule has 0 aliphatic rings. The monoisotopic (exact) mass is 447 g/mol. The molecular weight excluding hydrogens is 414 g/mol. The van der Waals surface area contributed by atoms with Gasteiger partial charge in [0.25, 0.3) is 0 Å². The van der Waals surface area contributed by atoms with Gasteiger partial charge in [-0.15, -0.1) is 0 Å². The molecule has 1 heterocycles. The number of amides is 1. The van der Waals surface area contributed by atoms with Crippen LogP contribution in [0, 0.1) is 5.92 Å². The van der Waals surface area contributed by atoms with E-state index in [9.17, 15) is 4.79 Å². The Morgan fingerprint density at radius 1 is 1.21 bits per heavy atom. The average Bonchev–Trinajstić information content (AvgIpc) is 3.10. The van der Waals surface area contributed by atoms with Gasteiger partial charge in [0, 0.05) is 29.5 Å². The summed E-state index contributed by atoms with van der Waals surface area (Å²) in [4.78, 5) is 14.8. The molecule has 0 saturated carbocycles. The number of hydrogen-bond acceptors (Lipinski definition) is 2. The molecule has 0 unspecified atom stereocenters. The van der Waals surface area contributed by atoms with Crippen LogP contribution < -0.4 is 5.32 Å². The largest absolute Gasteiger partial charge is 0.345 e. The number of rotatable bonds is 12. The third-order valence-electron chi connectivity index (χ3n) is 4.85. The lowest BCUT2D eigenvalue weighted by atomic mass is 10.1. The molecular formula is C23H34BrN3O. The zero-order valence-corrected chi connectivity index (χ0v) is 19.0. The molecule has 0 atom stereocenters. The lowest BCUT2D eigenvalue weighted by Crippen LogP contribution is -2.39. The summed E-state index contributed by atoms with van der Waals surface area (Å²) in [5.41, 5.74) is 2.43. The van der Waals surface area contributed by atoms with Gasteiger partial charge in [-0.25, -0.2) is 0 Å². The van der Waals surface area contributed by atoms with Crippen molar-refractivity contribution in [3.63, 3.8) is 0 Å². The van der Waals surface area contributed by atoms with Crippen molar-refractivity contribution in [2.45, 2.75) is 53.1 Å². The van der Waals surface area contributed by atoms with Crippen molar-refractivity contribution in [1.29, 1.82) is 0 Å². The molecule has 5 heteroatoms. The van der Waals surface area contributed by atoms with E-state index in [2.05, 4.69) is 89.2 Å².